The lowest BCUT2D eigenvalue weighted by Crippen LogP contribution is -2.04. The van der Waals surface area contributed by atoms with Gasteiger partial charge in [-0.25, -0.2) is 4.98 Å². The molecule has 86 valence electrons. The van der Waals surface area contributed by atoms with Crippen molar-refractivity contribution in [2.24, 2.45) is 0 Å². The van der Waals surface area contributed by atoms with E-state index in [-0.39, 0.29) is 0 Å². The molecule has 0 fully saturated rings. The second-order valence-corrected chi connectivity index (χ2v) is 4.89. The maximum Gasteiger partial charge on any atom is 0.224 e. The van der Waals surface area contributed by atoms with Crippen LogP contribution in [0.2, 0.25) is 0 Å². The SMILES string of the molecule is CCCCCNc1ncc2c(I)c[nH]c2n1. The number of aromatic nitrogens is 3. The van der Waals surface area contributed by atoms with Crippen molar-refractivity contribution < 1.29 is 0 Å². The van der Waals surface area contributed by atoms with Gasteiger partial charge in [-0.15, -0.1) is 0 Å². The first-order valence-electron chi connectivity index (χ1n) is 5.54. The lowest BCUT2D eigenvalue weighted by Gasteiger charge is -2.03. The van der Waals surface area contributed by atoms with Crippen molar-refractivity contribution in [2.75, 3.05) is 11.9 Å². The molecule has 0 saturated carbocycles. The molecule has 2 N–H and O–H groups in total. The molecule has 0 aliphatic heterocycles. The first kappa shape index (κ1) is 11.6. The number of H-pyrrole nitrogens is 1. The van der Waals surface area contributed by atoms with Gasteiger partial charge in [0.2, 0.25) is 5.95 Å². The van der Waals surface area contributed by atoms with Crippen LogP contribution in [0, 0.1) is 3.57 Å². The molecule has 2 heterocycles. The molecule has 0 aliphatic carbocycles. The highest BCUT2D eigenvalue weighted by Gasteiger charge is 2.03. The van der Waals surface area contributed by atoms with Crippen LogP contribution in [0.4, 0.5) is 5.95 Å². The number of hydrogen-bond acceptors (Lipinski definition) is 3. The van der Waals surface area contributed by atoms with Gasteiger partial charge in [-0.1, -0.05) is 19.8 Å². The molecule has 0 atom stereocenters. The zero-order valence-electron chi connectivity index (χ0n) is 9.26. The number of anilines is 1. The summed E-state index contributed by atoms with van der Waals surface area (Å²) in [4.78, 5) is 11.8. The topological polar surface area (TPSA) is 53.6 Å². The number of aromatic amines is 1. The molecule has 0 spiro atoms. The van der Waals surface area contributed by atoms with Crippen LogP contribution < -0.4 is 5.32 Å². The van der Waals surface area contributed by atoms with Crippen LogP contribution in [0.1, 0.15) is 26.2 Å². The van der Waals surface area contributed by atoms with E-state index < -0.39 is 0 Å². The Morgan fingerprint density at radius 3 is 3.12 bits per heavy atom. The van der Waals surface area contributed by atoms with Gasteiger partial charge in [0.15, 0.2) is 0 Å². The lowest BCUT2D eigenvalue weighted by molar-refractivity contribution is 0.740. The van der Waals surface area contributed by atoms with Crippen LogP contribution in [0.5, 0.6) is 0 Å². The first-order chi connectivity index (χ1) is 7.81. The van der Waals surface area contributed by atoms with Crippen molar-refractivity contribution in [2.45, 2.75) is 26.2 Å². The van der Waals surface area contributed by atoms with Crippen LogP contribution in [0.25, 0.3) is 11.0 Å². The number of nitrogens with zero attached hydrogens (tertiary/aromatic N) is 2. The van der Waals surface area contributed by atoms with E-state index in [1.807, 2.05) is 12.4 Å². The van der Waals surface area contributed by atoms with E-state index in [4.69, 9.17) is 0 Å². The molecule has 0 aliphatic rings. The van der Waals surface area contributed by atoms with Gasteiger partial charge in [-0.2, -0.15) is 4.98 Å². The Kier molecular flexibility index (Phi) is 3.98. The summed E-state index contributed by atoms with van der Waals surface area (Å²) in [6.45, 7) is 3.14. The Hall–Kier alpha value is -0.850. The van der Waals surface area contributed by atoms with Gasteiger partial charge in [0.25, 0.3) is 0 Å². The van der Waals surface area contributed by atoms with Crippen LogP contribution >= 0.6 is 22.6 Å². The molecule has 0 amide bonds. The third-order valence-corrected chi connectivity index (χ3v) is 3.34. The summed E-state index contributed by atoms with van der Waals surface area (Å²) in [7, 11) is 0. The van der Waals surface area contributed by atoms with Crippen molar-refractivity contribution in [1.29, 1.82) is 0 Å². The number of hydrogen-bond donors (Lipinski definition) is 2. The van der Waals surface area contributed by atoms with Crippen LogP contribution in [-0.4, -0.2) is 21.5 Å². The largest absolute Gasteiger partial charge is 0.354 e. The fourth-order valence-corrected chi connectivity index (χ4v) is 2.09. The first-order valence-corrected chi connectivity index (χ1v) is 6.62. The third-order valence-electron chi connectivity index (χ3n) is 2.45. The van der Waals surface area contributed by atoms with Gasteiger partial charge >= 0.3 is 0 Å². The van der Waals surface area contributed by atoms with Gasteiger partial charge in [0, 0.05) is 22.5 Å². The third kappa shape index (κ3) is 2.63. The maximum atomic E-state index is 4.41. The minimum absolute atomic E-state index is 0.710. The number of rotatable bonds is 5. The Balaban J connectivity index is 2.02. The zero-order valence-corrected chi connectivity index (χ0v) is 11.4. The summed E-state index contributed by atoms with van der Waals surface area (Å²) in [5.74, 6) is 0.710. The Bertz CT molecular complexity index is 466. The second-order valence-electron chi connectivity index (χ2n) is 3.73. The standard InChI is InChI=1S/C11H15IN4/c1-2-3-4-5-13-11-15-6-8-9(12)7-14-10(8)16-11/h6-7H,2-5H2,1H3,(H2,13,14,15,16). The number of unbranched alkanes of at least 4 members (excludes halogenated alkanes) is 2. The van der Waals surface area contributed by atoms with E-state index in [0.717, 1.165) is 21.1 Å². The molecule has 2 aromatic rings. The van der Waals surface area contributed by atoms with Gasteiger partial charge in [0.05, 0.1) is 5.39 Å². The molecule has 16 heavy (non-hydrogen) atoms. The quantitative estimate of drug-likeness (QED) is 0.654. The van der Waals surface area contributed by atoms with E-state index in [9.17, 15) is 0 Å². The van der Waals surface area contributed by atoms with E-state index in [2.05, 4.69) is 49.8 Å². The Morgan fingerprint density at radius 1 is 1.44 bits per heavy atom. The summed E-state index contributed by atoms with van der Waals surface area (Å²) in [5.41, 5.74) is 0.900. The van der Waals surface area contributed by atoms with Gasteiger partial charge in [-0.3, -0.25) is 0 Å². The highest BCUT2D eigenvalue weighted by Crippen LogP contribution is 2.18. The van der Waals surface area contributed by atoms with Gasteiger partial charge in [-0.05, 0) is 29.0 Å². The summed E-state index contributed by atoms with van der Waals surface area (Å²) >= 11 is 2.27. The molecular weight excluding hydrogens is 315 g/mol. The number of nitrogens with one attached hydrogen (secondary N) is 2. The molecule has 0 unspecified atom stereocenters. The van der Waals surface area contributed by atoms with E-state index >= 15 is 0 Å². The monoisotopic (exact) mass is 330 g/mol. The van der Waals surface area contributed by atoms with Gasteiger partial charge < -0.3 is 10.3 Å². The van der Waals surface area contributed by atoms with Crippen LogP contribution in [0.15, 0.2) is 12.4 Å². The molecule has 0 radical (unpaired) electrons. The van der Waals surface area contributed by atoms with E-state index in [0.29, 0.717) is 5.95 Å². The summed E-state index contributed by atoms with van der Waals surface area (Å²) in [5, 5.41) is 4.32. The van der Waals surface area contributed by atoms with Crippen molar-refractivity contribution >= 4 is 39.6 Å². The van der Waals surface area contributed by atoms with Gasteiger partial charge in [0.1, 0.15) is 5.65 Å². The molecule has 0 bridgehead atoms. The summed E-state index contributed by atoms with van der Waals surface area (Å²) in [6, 6.07) is 0. The summed E-state index contributed by atoms with van der Waals surface area (Å²) in [6.07, 6.45) is 7.45. The van der Waals surface area contributed by atoms with E-state index in [1.165, 1.54) is 19.3 Å². The molecule has 4 nitrogen and oxygen atoms in total. The second kappa shape index (κ2) is 5.47. The number of fused-ring (bicyclic) bond motifs is 1. The molecule has 2 rings (SSSR count). The highest BCUT2D eigenvalue weighted by molar-refractivity contribution is 14.1. The fourth-order valence-electron chi connectivity index (χ4n) is 1.54. The van der Waals surface area contributed by atoms with Crippen LogP contribution in [0.3, 0.4) is 0 Å². The zero-order chi connectivity index (χ0) is 11.4. The number of halogens is 1. The minimum atomic E-state index is 0.710. The average molecular weight is 330 g/mol. The smallest absolute Gasteiger partial charge is 0.224 e. The maximum absolute atomic E-state index is 4.41. The van der Waals surface area contributed by atoms with Crippen molar-refractivity contribution in [3.05, 3.63) is 16.0 Å². The lowest BCUT2D eigenvalue weighted by atomic mass is 10.2. The average Bonchev–Trinajstić information content (AvgIpc) is 2.66. The van der Waals surface area contributed by atoms with Crippen molar-refractivity contribution in [3.8, 4) is 0 Å². The molecule has 5 heteroatoms. The predicted molar refractivity (Wildman–Crippen MR) is 74.6 cm³/mol. The Labute approximate surface area is 108 Å². The van der Waals surface area contributed by atoms with Crippen LogP contribution in [-0.2, 0) is 0 Å². The van der Waals surface area contributed by atoms with Crippen molar-refractivity contribution in [3.63, 3.8) is 0 Å². The molecule has 2 aromatic heterocycles. The fraction of sp³-hybridized carbons (Fsp3) is 0.455. The van der Waals surface area contributed by atoms with Crippen molar-refractivity contribution in [1.82, 2.24) is 15.0 Å². The molecular formula is C11H15IN4. The predicted octanol–water partition coefficient (Wildman–Crippen LogP) is 3.16. The molecule has 0 saturated heterocycles. The Morgan fingerprint density at radius 2 is 2.31 bits per heavy atom. The normalized spacial score (nSPS) is 10.9. The summed E-state index contributed by atoms with van der Waals surface area (Å²) < 4.78 is 1.16. The highest BCUT2D eigenvalue weighted by atomic mass is 127. The van der Waals surface area contributed by atoms with E-state index in [1.54, 1.807) is 0 Å². The minimum Gasteiger partial charge on any atom is -0.354 e. The molecule has 0 aromatic carbocycles.